The Kier molecular flexibility index (Phi) is 12.8. The van der Waals surface area contributed by atoms with E-state index in [2.05, 4.69) is 0 Å². The van der Waals surface area contributed by atoms with Crippen LogP contribution in [0.3, 0.4) is 0 Å². The lowest BCUT2D eigenvalue weighted by Crippen LogP contribution is -2.60. The van der Waals surface area contributed by atoms with Gasteiger partial charge in [-0.25, -0.2) is 0 Å². The Balaban J connectivity index is 1.83. The highest BCUT2D eigenvalue weighted by atomic mass is 16.7. The molecule has 0 radical (unpaired) electrons. The van der Waals surface area contributed by atoms with Gasteiger partial charge in [-0.1, -0.05) is 20.8 Å². The van der Waals surface area contributed by atoms with Crippen molar-refractivity contribution in [3.63, 3.8) is 0 Å². The standard InChI is InChI=1S/C37H65NO12/c1-14-25(39)37(10,43)32-20(4)28-18(2)16-36(9,50-28)31(49-34-27(40)24(38(11)12)15-19(3)45-34)21(5)29(22(6)33(42)48-32)47-26-17-35(8,44-13)30(41)23(7)46-26/h19-27,29-32,34,39-41,43H,14-17H2,1-13H3/t19-,20+,21+,22-,23+,24+,25-,26+,27-,29+,30+,31-,32-,34+,35-,36+,37-/m1/s1. The molecule has 4 aliphatic heterocycles. The number of hydrogen-bond donors (Lipinski definition) is 4. The van der Waals surface area contributed by atoms with Crippen LogP contribution in [-0.4, -0.2) is 137 Å². The molecular formula is C37H65NO12. The number of fused-ring (bicyclic) bond motifs is 2. The minimum Gasteiger partial charge on any atom is -0.488 e. The summed E-state index contributed by atoms with van der Waals surface area (Å²) >= 11 is 0. The van der Waals surface area contributed by atoms with E-state index >= 15 is 0 Å². The van der Waals surface area contributed by atoms with Crippen molar-refractivity contribution in [3.8, 4) is 0 Å². The number of ether oxygens (including phenoxy) is 7. The van der Waals surface area contributed by atoms with Crippen molar-refractivity contribution < 1.29 is 58.4 Å². The number of carbonyl (C=O) groups is 1. The lowest BCUT2D eigenvalue weighted by atomic mass is 9.78. The molecule has 2 bridgehead atoms. The smallest absolute Gasteiger partial charge is 0.311 e. The number of aliphatic hydroxyl groups excluding tert-OH is 3. The quantitative estimate of drug-likeness (QED) is 0.258. The third kappa shape index (κ3) is 7.93. The fourth-order valence-electron chi connectivity index (χ4n) is 8.73. The van der Waals surface area contributed by atoms with Gasteiger partial charge in [0.2, 0.25) is 0 Å². The van der Waals surface area contributed by atoms with Crippen LogP contribution in [0, 0.1) is 17.8 Å². The summed E-state index contributed by atoms with van der Waals surface area (Å²) in [6, 6.07) is -0.223. The van der Waals surface area contributed by atoms with Gasteiger partial charge in [0, 0.05) is 31.9 Å². The molecule has 290 valence electrons. The fraction of sp³-hybridized carbons (Fsp3) is 0.919. The third-order valence-corrected chi connectivity index (χ3v) is 11.9. The van der Waals surface area contributed by atoms with Gasteiger partial charge in [-0.2, -0.15) is 0 Å². The number of methoxy groups -OCH3 is 1. The molecule has 4 N–H and O–H groups in total. The number of cyclic esters (lactones) is 1. The molecule has 0 aromatic carbocycles. The number of hydrogen-bond acceptors (Lipinski definition) is 13. The van der Waals surface area contributed by atoms with Gasteiger partial charge in [0.05, 0.1) is 41.9 Å². The number of nitrogens with zero attached hydrogens (tertiary/aromatic N) is 1. The molecule has 0 amide bonds. The van der Waals surface area contributed by atoms with E-state index in [1.807, 2.05) is 53.6 Å². The van der Waals surface area contributed by atoms with Gasteiger partial charge in [-0.3, -0.25) is 4.79 Å². The van der Waals surface area contributed by atoms with Gasteiger partial charge in [0.1, 0.15) is 41.4 Å². The second kappa shape index (κ2) is 15.5. The minimum absolute atomic E-state index is 0.174. The number of likely N-dealkylation sites (N-methyl/N-ethyl adjacent to an activating group) is 1. The van der Waals surface area contributed by atoms with Gasteiger partial charge < -0.3 is 58.5 Å². The first-order valence-corrected chi connectivity index (χ1v) is 18.3. The van der Waals surface area contributed by atoms with E-state index in [1.165, 1.54) is 14.0 Å². The molecule has 13 nitrogen and oxygen atoms in total. The molecule has 4 rings (SSSR count). The highest BCUT2D eigenvalue weighted by Gasteiger charge is 2.57. The highest BCUT2D eigenvalue weighted by Crippen LogP contribution is 2.48. The van der Waals surface area contributed by atoms with E-state index in [-0.39, 0.29) is 25.0 Å². The molecule has 3 saturated heterocycles. The van der Waals surface area contributed by atoms with E-state index in [4.69, 9.17) is 33.2 Å². The summed E-state index contributed by atoms with van der Waals surface area (Å²) in [5, 5.41) is 45.2. The summed E-state index contributed by atoms with van der Waals surface area (Å²) in [5.74, 6) is -2.26. The molecule has 50 heavy (non-hydrogen) atoms. The monoisotopic (exact) mass is 715 g/mol. The average Bonchev–Trinajstić information content (AvgIpc) is 3.36. The molecule has 0 aliphatic carbocycles. The van der Waals surface area contributed by atoms with E-state index in [9.17, 15) is 25.2 Å². The highest BCUT2D eigenvalue weighted by molar-refractivity contribution is 5.73. The summed E-state index contributed by atoms with van der Waals surface area (Å²) in [6.07, 6.45) is -7.24. The Hall–Kier alpha value is -1.39. The number of carbonyl (C=O) groups excluding carboxylic acids is 1. The van der Waals surface area contributed by atoms with Crippen LogP contribution in [-0.2, 0) is 38.0 Å². The van der Waals surface area contributed by atoms with Crippen LogP contribution in [0.5, 0.6) is 0 Å². The van der Waals surface area contributed by atoms with E-state index in [0.717, 1.165) is 5.57 Å². The Morgan fingerprint density at radius 1 is 1.06 bits per heavy atom. The van der Waals surface area contributed by atoms with Crippen LogP contribution in [0.1, 0.15) is 94.9 Å². The van der Waals surface area contributed by atoms with Crippen LogP contribution in [0.25, 0.3) is 0 Å². The Morgan fingerprint density at radius 3 is 2.28 bits per heavy atom. The molecule has 0 saturated carbocycles. The normalized spacial score (nSPS) is 46.5. The summed E-state index contributed by atoms with van der Waals surface area (Å²) in [7, 11) is 5.35. The molecule has 17 atom stereocenters. The van der Waals surface area contributed by atoms with Gasteiger partial charge in [-0.15, -0.1) is 0 Å². The summed E-state index contributed by atoms with van der Waals surface area (Å²) < 4.78 is 44.8. The Labute approximate surface area is 298 Å². The first-order chi connectivity index (χ1) is 23.1. The molecule has 0 aromatic heterocycles. The molecule has 4 heterocycles. The fourth-order valence-corrected chi connectivity index (χ4v) is 8.73. The second-order valence-electron chi connectivity index (χ2n) is 16.3. The van der Waals surface area contributed by atoms with Gasteiger partial charge >= 0.3 is 5.97 Å². The zero-order valence-corrected chi connectivity index (χ0v) is 32.4. The topological polar surface area (TPSA) is 166 Å². The van der Waals surface area contributed by atoms with Crippen molar-refractivity contribution in [2.24, 2.45) is 17.8 Å². The maximum atomic E-state index is 14.3. The van der Waals surface area contributed by atoms with Crippen LogP contribution < -0.4 is 0 Å². The van der Waals surface area contributed by atoms with Crippen LogP contribution >= 0.6 is 0 Å². The van der Waals surface area contributed by atoms with E-state index < -0.39 is 95.8 Å². The van der Waals surface area contributed by atoms with E-state index in [1.54, 1.807) is 27.7 Å². The molecular weight excluding hydrogens is 650 g/mol. The summed E-state index contributed by atoms with van der Waals surface area (Å²) in [5.41, 5.74) is -2.95. The summed E-state index contributed by atoms with van der Waals surface area (Å²) in [6.45, 7) is 18.0. The predicted molar refractivity (Wildman–Crippen MR) is 184 cm³/mol. The zero-order valence-electron chi connectivity index (χ0n) is 32.4. The van der Waals surface area contributed by atoms with Crippen molar-refractivity contribution in [3.05, 3.63) is 11.3 Å². The molecule has 0 spiro atoms. The second-order valence-corrected chi connectivity index (χ2v) is 16.3. The Bertz CT molecular complexity index is 1210. The Morgan fingerprint density at radius 2 is 1.70 bits per heavy atom. The van der Waals surface area contributed by atoms with Gasteiger partial charge in [0.25, 0.3) is 0 Å². The van der Waals surface area contributed by atoms with Crippen molar-refractivity contribution in [2.45, 2.75) is 179 Å². The summed E-state index contributed by atoms with van der Waals surface area (Å²) in [4.78, 5) is 16.2. The van der Waals surface area contributed by atoms with Crippen molar-refractivity contribution >= 4 is 5.97 Å². The molecule has 13 heteroatoms. The minimum atomic E-state index is -1.82. The average molecular weight is 716 g/mol. The third-order valence-electron chi connectivity index (χ3n) is 11.9. The van der Waals surface area contributed by atoms with Crippen LogP contribution in [0.4, 0.5) is 0 Å². The number of esters is 1. The van der Waals surface area contributed by atoms with Crippen LogP contribution in [0.2, 0.25) is 0 Å². The van der Waals surface area contributed by atoms with Gasteiger partial charge in [0.15, 0.2) is 12.6 Å². The predicted octanol–water partition coefficient (Wildman–Crippen LogP) is 2.89. The van der Waals surface area contributed by atoms with Gasteiger partial charge in [-0.05, 0) is 81.0 Å². The first kappa shape index (κ1) is 41.4. The lowest BCUT2D eigenvalue weighted by Gasteiger charge is -2.48. The van der Waals surface area contributed by atoms with Crippen molar-refractivity contribution in [2.75, 3.05) is 21.2 Å². The van der Waals surface area contributed by atoms with Crippen LogP contribution in [0.15, 0.2) is 11.3 Å². The van der Waals surface area contributed by atoms with Crippen molar-refractivity contribution in [1.82, 2.24) is 4.90 Å². The largest absolute Gasteiger partial charge is 0.488 e. The number of rotatable bonds is 9. The number of aliphatic hydroxyl groups is 4. The zero-order chi connectivity index (χ0) is 37.7. The molecule has 3 fully saturated rings. The van der Waals surface area contributed by atoms with Crippen molar-refractivity contribution in [1.29, 1.82) is 0 Å². The maximum Gasteiger partial charge on any atom is 0.311 e. The molecule has 4 aliphatic rings. The lowest BCUT2D eigenvalue weighted by molar-refractivity contribution is -0.316. The SMILES string of the molecule is CC[C@@H](O)[C@@](C)(O)[C@@H]1OC(=O)[C@H](C)[C@@H](O[C@H]2C[C@@](C)(OC)[C@@H](O)[C@H](C)O2)[C@H](C)[C@@H](O[C@@H]2O[C@H](C)C[C@H](N(C)C)[C@H]2O)[C@]2(C)CC(C)=C(O2)[C@@H]1C. The first-order valence-electron chi connectivity index (χ1n) is 18.3. The van der Waals surface area contributed by atoms with E-state index in [0.29, 0.717) is 18.6 Å². The maximum absolute atomic E-state index is 14.3. The molecule has 0 unspecified atom stereocenters. The molecule has 0 aromatic rings.